The molecule has 7 nitrogen and oxygen atoms in total. The van der Waals surface area contributed by atoms with Crippen molar-refractivity contribution in [3.63, 3.8) is 0 Å². The second-order valence-electron chi connectivity index (χ2n) is 6.97. The first kappa shape index (κ1) is 21.5. The van der Waals surface area contributed by atoms with Crippen molar-refractivity contribution < 1.29 is 14.0 Å². The molecule has 8 heteroatoms. The second kappa shape index (κ2) is 10.0. The van der Waals surface area contributed by atoms with E-state index in [0.29, 0.717) is 27.9 Å². The first-order chi connectivity index (χ1) is 14.5. The Balaban J connectivity index is 1.58. The lowest BCUT2D eigenvalue weighted by molar-refractivity contribution is -0.133. The molecule has 1 N–H and O–H groups in total. The minimum atomic E-state index is -0.208. The molecule has 30 heavy (non-hydrogen) atoms. The molecule has 0 saturated carbocycles. The van der Waals surface area contributed by atoms with E-state index in [-0.39, 0.29) is 37.4 Å². The van der Waals surface area contributed by atoms with Gasteiger partial charge in [0.15, 0.2) is 0 Å². The fraction of sp³-hybridized carbons (Fsp3) is 0.273. The second-order valence-corrected chi connectivity index (χ2v) is 7.38. The molecule has 2 aromatic carbocycles. The van der Waals surface area contributed by atoms with Crippen molar-refractivity contribution in [1.82, 2.24) is 20.4 Å². The number of nitrogens with zero attached hydrogens (tertiary/aromatic N) is 3. The molecule has 0 aliphatic heterocycles. The van der Waals surface area contributed by atoms with Gasteiger partial charge in [-0.3, -0.25) is 9.59 Å². The molecule has 2 amide bonds. The Hall–Kier alpha value is -3.19. The van der Waals surface area contributed by atoms with Gasteiger partial charge in [-0.15, -0.1) is 10.2 Å². The lowest BCUT2D eigenvalue weighted by Crippen LogP contribution is -2.38. The minimum absolute atomic E-state index is 0.0713. The van der Waals surface area contributed by atoms with Crippen LogP contribution in [0.5, 0.6) is 0 Å². The van der Waals surface area contributed by atoms with Crippen LogP contribution in [0.25, 0.3) is 11.5 Å². The fourth-order valence-electron chi connectivity index (χ4n) is 2.88. The number of hydrogen-bond acceptors (Lipinski definition) is 5. The summed E-state index contributed by atoms with van der Waals surface area (Å²) in [6.45, 7) is 4.24. The van der Waals surface area contributed by atoms with Crippen molar-refractivity contribution in [3.05, 3.63) is 71.1 Å². The molecule has 0 atom stereocenters. The maximum absolute atomic E-state index is 12.7. The average molecular weight is 427 g/mol. The van der Waals surface area contributed by atoms with E-state index in [1.807, 2.05) is 32.0 Å². The number of carbonyl (C=O) groups excluding carboxylic acids is 2. The predicted octanol–water partition coefficient (Wildman–Crippen LogP) is 3.95. The van der Waals surface area contributed by atoms with E-state index in [0.717, 1.165) is 0 Å². The van der Waals surface area contributed by atoms with Crippen LogP contribution in [0.1, 0.15) is 36.5 Å². The smallest absolute Gasteiger partial charge is 0.251 e. The van der Waals surface area contributed by atoms with Crippen LogP contribution in [0.15, 0.2) is 59.0 Å². The van der Waals surface area contributed by atoms with Crippen LogP contribution >= 0.6 is 11.6 Å². The van der Waals surface area contributed by atoms with Gasteiger partial charge in [0.05, 0.1) is 17.1 Å². The Kier molecular flexibility index (Phi) is 7.19. The van der Waals surface area contributed by atoms with E-state index >= 15 is 0 Å². The largest absolute Gasteiger partial charge is 0.419 e. The highest BCUT2D eigenvalue weighted by molar-refractivity contribution is 6.33. The molecule has 0 saturated heterocycles. The van der Waals surface area contributed by atoms with Crippen LogP contribution in [-0.2, 0) is 11.3 Å². The van der Waals surface area contributed by atoms with Gasteiger partial charge in [0, 0.05) is 24.6 Å². The molecule has 1 aromatic heterocycles. The molecule has 0 radical (unpaired) electrons. The van der Waals surface area contributed by atoms with Gasteiger partial charge in [-0.05, 0) is 38.1 Å². The quantitative estimate of drug-likeness (QED) is 0.589. The summed E-state index contributed by atoms with van der Waals surface area (Å²) < 4.78 is 5.71. The summed E-state index contributed by atoms with van der Waals surface area (Å²) in [5.74, 6) is 0.304. The zero-order valence-corrected chi connectivity index (χ0v) is 17.6. The van der Waals surface area contributed by atoms with E-state index in [9.17, 15) is 9.59 Å². The van der Waals surface area contributed by atoms with Gasteiger partial charge < -0.3 is 14.6 Å². The summed E-state index contributed by atoms with van der Waals surface area (Å²) in [4.78, 5) is 26.4. The molecule has 156 valence electrons. The van der Waals surface area contributed by atoms with Crippen molar-refractivity contribution in [3.8, 4) is 11.5 Å². The molecule has 0 unspecified atom stereocenters. The van der Waals surface area contributed by atoms with Crippen LogP contribution in [0.3, 0.4) is 0 Å². The molecule has 0 spiro atoms. The molecule has 0 fully saturated rings. The van der Waals surface area contributed by atoms with Crippen molar-refractivity contribution in [1.29, 1.82) is 0 Å². The number of amides is 2. The molecule has 0 aliphatic carbocycles. The van der Waals surface area contributed by atoms with E-state index in [1.54, 1.807) is 41.3 Å². The Morgan fingerprint density at radius 3 is 2.47 bits per heavy atom. The highest BCUT2D eigenvalue weighted by atomic mass is 35.5. The highest BCUT2D eigenvalue weighted by Crippen LogP contribution is 2.26. The fourth-order valence-corrected chi connectivity index (χ4v) is 3.10. The topological polar surface area (TPSA) is 88.3 Å². The van der Waals surface area contributed by atoms with E-state index in [2.05, 4.69) is 15.5 Å². The Morgan fingerprint density at radius 1 is 1.07 bits per heavy atom. The van der Waals surface area contributed by atoms with Crippen molar-refractivity contribution >= 4 is 23.4 Å². The number of carbonyl (C=O) groups is 2. The van der Waals surface area contributed by atoms with Gasteiger partial charge in [-0.2, -0.15) is 0 Å². The Labute approximate surface area is 180 Å². The summed E-state index contributed by atoms with van der Waals surface area (Å²) in [7, 11) is 0. The van der Waals surface area contributed by atoms with Gasteiger partial charge in [0.1, 0.15) is 0 Å². The average Bonchev–Trinajstić information content (AvgIpc) is 3.21. The van der Waals surface area contributed by atoms with Crippen molar-refractivity contribution in [2.75, 3.05) is 6.54 Å². The van der Waals surface area contributed by atoms with Gasteiger partial charge in [-0.1, -0.05) is 41.9 Å². The third-order valence-corrected chi connectivity index (χ3v) is 4.81. The molecule has 1 heterocycles. The number of aromatic nitrogens is 2. The van der Waals surface area contributed by atoms with Gasteiger partial charge >= 0.3 is 0 Å². The maximum Gasteiger partial charge on any atom is 0.251 e. The lowest BCUT2D eigenvalue weighted by Gasteiger charge is -2.25. The lowest BCUT2D eigenvalue weighted by atomic mass is 10.2. The summed E-state index contributed by atoms with van der Waals surface area (Å²) in [6, 6.07) is 16.0. The Morgan fingerprint density at radius 2 is 1.77 bits per heavy atom. The predicted molar refractivity (Wildman–Crippen MR) is 114 cm³/mol. The number of halogens is 1. The number of hydrogen-bond donors (Lipinski definition) is 1. The normalized spacial score (nSPS) is 10.8. The number of nitrogens with one attached hydrogen (secondary N) is 1. The van der Waals surface area contributed by atoms with Crippen molar-refractivity contribution in [2.24, 2.45) is 0 Å². The SMILES string of the molecule is CC(C)N(Cc1nnc(-c2ccccc2Cl)o1)C(=O)CCNC(=O)c1ccccc1. The van der Waals surface area contributed by atoms with Gasteiger partial charge in [-0.25, -0.2) is 0 Å². The monoisotopic (exact) mass is 426 g/mol. The minimum Gasteiger partial charge on any atom is -0.419 e. The summed E-state index contributed by atoms with van der Waals surface area (Å²) in [6.07, 6.45) is 0.169. The molecular formula is C22H23ClN4O3. The van der Waals surface area contributed by atoms with Crippen LogP contribution < -0.4 is 5.32 Å². The Bertz CT molecular complexity index is 1000. The van der Waals surface area contributed by atoms with Crippen LogP contribution in [0.2, 0.25) is 5.02 Å². The third kappa shape index (κ3) is 5.45. The summed E-state index contributed by atoms with van der Waals surface area (Å²) >= 11 is 6.17. The van der Waals surface area contributed by atoms with E-state index in [1.165, 1.54) is 0 Å². The van der Waals surface area contributed by atoms with Gasteiger partial charge in [0.2, 0.25) is 17.7 Å². The molecule has 0 bridgehead atoms. The van der Waals surface area contributed by atoms with Gasteiger partial charge in [0.25, 0.3) is 5.91 Å². The van der Waals surface area contributed by atoms with E-state index < -0.39 is 0 Å². The first-order valence-electron chi connectivity index (χ1n) is 9.65. The van der Waals surface area contributed by atoms with Crippen molar-refractivity contribution in [2.45, 2.75) is 32.9 Å². The van der Waals surface area contributed by atoms with Crippen LogP contribution in [0.4, 0.5) is 0 Å². The maximum atomic E-state index is 12.7. The third-order valence-electron chi connectivity index (χ3n) is 4.48. The molecular weight excluding hydrogens is 404 g/mol. The zero-order valence-electron chi connectivity index (χ0n) is 16.8. The van der Waals surface area contributed by atoms with Crippen LogP contribution in [-0.4, -0.2) is 39.5 Å². The summed E-state index contributed by atoms with van der Waals surface area (Å²) in [5, 5.41) is 11.4. The zero-order chi connectivity index (χ0) is 21.5. The standard InChI is InChI=1S/C22H23ClN4O3/c1-15(2)27(20(28)12-13-24-21(29)16-8-4-3-5-9-16)14-19-25-26-22(30-19)17-10-6-7-11-18(17)23/h3-11,15H,12-14H2,1-2H3,(H,24,29). The number of benzene rings is 2. The van der Waals surface area contributed by atoms with Crippen LogP contribution in [0, 0.1) is 0 Å². The van der Waals surface area contributed by atoms with E-state index in [4.69, 9.17) is 16.0 Å². The molecule has 0 aliphatic rings. The first-order valence-corrected chi connectivity index (χ1v) is 10.0. The number of rotatable bonds is 8. The summed E-state index contributed by atoms with van der Waals surface area (Å²) in [5.41, 5.74) is 1.20. The highest BCUT2D eigenvalue weighted by Gasteiger charge is 2.21. The molecule has 3 rings (SSSR count). The molecule has 3 aromatic rings.